The number of anilines is 1. The maximum atomic E-state index is 12.4. The summed E-state index contributed by atoms with van der Waals surface area (Å²) in [7, 11) is 0. The fraction of sp³-hybridized carbons (Fsp3) is 0.333. The van der Waals surface area contributed by atoms with E-state index in [-0.39, 0.29) is 6.42 Å². The van der Waals surface area contributed by atoms with Gasteiger partial charge in [-0.1, -0.05) is 23.7 Å². The van der Waals surface area contributed by atoms with Gasteiger partial charge >= 0.3 is 6.18 Å². The molecule has 1 atom stereocenters. The summed E-state index contributed by atoms with van der Waals surface area (Å²) in [4.78, 5) is 0. The lowest BCUT2D eigenvalue weighted by atomic mass is 10.1. The molecule has 0 saturated carbocycles. The smallest absolute Gasteiger partial charge is 0.372 e. The average Bonchev–Trinajstić information content (AvgIpc) is 2.48. The number of para-hydroxylation sites is 1. The van der Waals surface area contributed by atoms with Gasteiger partial charge in [0.2, 0.25) is 0 Å². The summed E-state index contributed by atoms with van der Waals surface area (Å²) in [5.74, 6) is 0. The molecule has 1 nitrogen and oxygen atoms in total. The van der Waals surface area contributed by atoms with E-state index in [9.17, 15) is 13.2 Å². The Morgan fingerprint density at radius 3 is 2.64 bits per heavy atom. The molecule has 0 aromatic heterocycles. The molecule has 0 spiro atoms. The van der Waals surface area contributed by atoms with Crippen LogP contribution in [0.5, 0.6) is 0 Å². The van der Waals surface area contributed by atoms with Gasteiger partial charge in [0.05, 0.1) is 10.7 Å². The van der Waals surface area contributed by atoms with Gasteiger partial charge in [-0.05, 0) is 11.6 Å². The van der Waals surface area contributed by atoms with Crippen LogP contribution in [0.1, 0.15) is 5.56 Å². The van der Waals surface area contributed by atoms with Gasteiger partial charge in [-0.15, -0.1) is 0 Å². The van der Waals surface area contributed by atoms with E-state index in [2.05, 4.69) is 5.32 Å². The Kier molecular flexibility index (Phi) is 2.10. The van der Waals surface area contributed by atoms with E-state index in [1.807, 2.05) is 0 Å². The van der Waals surface area contributed by atoms with Crippen molar-refractivity contribution in [2.75, 3.05) is 5.32 Å². The highest BCUT2D eigenvalue weighted by atomic mass is 35.5. The van der Waals surface area contributed by atoms with E-state index in [1.54, 1.807) is 18.2 Å². The van der Waals surface area contributed by atoms with Gasteiger partial charge in [0.15, 0.2) is 0 Å². The third kappa shape index (κ3) is 1.54. The highest BCUT2D eigenvalue weighted by Gasteiger charge is 2.43. The normalized spacial score (nSPS) is 20.4. The quantitative estimate of drug-likeness (QED) is 0.709. The van der Waals surface area contributed by atoms with Crippen LogP contribution < -0.4 is 5.32 Å². The highest BCUT2D eigenvalue weighted by Crippen LogP contribution is 2.38. The molecule has 1 aromatic carbocycles. The first-order chi connectivity index (χ1) is 6.48. The van der Waals surface area contributed by atoms with Gasteiger partial charge in [-0.3, -0.25) is 0 Å². The van der Waals surface area contributed by atoms with E-state index >= 15 is 0 Å². The van der Waals surface area contributed by atoms with E-state index in [0.717, 1.165) is 0 Å². The first kappa shape index (κ1) is 9.65. The zero-order valence-electron chi connectivity index (χ0n) is 7.03. The lowest BCUT2D eigenvalue weighted by Crippen LogP contribution is -2.34. The molecule has 0 bridgehead atoms. The number of alkyl halides is 3. The van der Waals surface area contributed by atoms with Crippen LogP contribution in [0.25, 0.3) is 0 Å². The molecule has 1 aliphatic heterocycles. The van der Waals surface area contributed by atoms with Crippen molar-refractivity contribution in [3.8, 4) is 0 Å². The lowest BCUT2D eigenvalue weighted by Gasteiger charge is -2.15. The van der Waals surface area contributed by atoms with Crippen molar-refractivity contribution in [2.24, 2.45) is 0 Å². The second-order valence-electron chi connectivity index (χ2n) is 3.22. The molecular weight excluding hydrogens is 215 g/mol. The van der Waals surface area contributed by atoms with Gasteiger partial charge in [0.1, 0.15) is 6.04 Å². The Bertz CT molecular complexity index is 362. The SMILES string of the molecule is FC(F)(F)C1Cc2cccc(Cl)c2N1. The molecule has 0 aliphatic carbocycles. The zero-order valence-corrected chi connectivity index (χ0v) is 7.78. The van der Waals surface area contributed by atoms with E-state index in [4.69, 9.17) is 11.6 Å². The van der Waals surface area contributed by atoms with Crippen molar-refractivity contribution in [1.29, 1.82) is 0 Å². The summed E-state index contributed by atoms with van der Waals surface area (Å²) in [5, 5.41) is 2.73. The molecule has 1 unspecified atom stereocenters. The summed E-state index contributed by atoms with van der Waals surface area (Å²) in [6.45, 7) is 0. The van der Waals surface area contributed by atoms with Crippen LogP contribution in [0.2, 0.25) is 5.02 Å². The molecule has 0 saturated heterocycles. The Morgan fingerprint density at radius 1 is 1.36 bits per heavy atom. The maximum absolute atomic E-state index is 12.4. The monoisotopic (exact) mass is 221 g/mol. The molecule has 14 heavy (non-hydrogen) atoms. The number of hydrogen-bond donors (Lipinski definition) is 1. The molecule has 1 heterocycles. The minimum Gasteiger partial charge on any atom is -0.372 e. The Labute approximate surface area is 83.9 Å². The second-order valence-corrected chi connectivity index (χ2v) is 3.62. The zero-order chi connectivity index (χ0) is 10.3. The van der Waals surface area contributed by atoms with Gasteiger partial charge in [-0.2, -0.15) is 13.2 Å². The molecule has 76 valence electrons. The molecule has 1 N–H and O–H groups in total. The topological polar surface area (TPSA) is 12.0 Å². The third-order valence-electron chi connectivity index (χ3n) is 2.24. The Balaban J connectivity index is 2.31. The van der Waals surface area contributed by atoms with Crippen molar-refractivity contribution < 1.29 is 13.2 Å². The summed E-state index contributed by atoms with van der Waals surface area (Å²) in [5.41, 5.74) is 1.04. The maximum Gasteiger partial charge on any atom is 0.408 e. The second kappa shape index (κ2) is 3.05. The predicted molar refractivity (Wildman–Crippen MR) is 48.6 cm³/mol. The van der Waals surface area contributed by atoms with Crippen molar-refractivity contribution >= 4 is 17.3 Å². The van der Waals surface area contributed by atoms with Crippen LogP contribution in [0.4, 0.5) is 18.9 Å². The van der Waals surface area contributed by atoms with Gasteiger partial charge < -0.3 is 5.32 Å². The number of rotatable bonds is 0. The van der Waals surface area contributed by atoms with Gasteiger partial charge in [0.25, 0.3) is 0 Å². The number of hydrogen-bond acceptors (Lipinski definition) is 1. The van der Waals surface area contributed by atoms with Crippen LogP contribution >= 0.6 is 11.6 Å². The average molecular weight is 222 g/mol. The van der Waals surface area contributed by atoms with Crippen molar-refractivity contribution in [2.45, 2.75) is 18.6 Å². The number of nitrogens with one attached hydrogen (secondary N) is 1. The largest absolute Gasteiger partial charge is 0.408 e. The molecule has 1 aliphatic rings. The predicted octanol–water partition coefficient (Wildman–Crippen LogP) is 3.24. The highest BCUT2D eigenvalue weighted by molar-refractivity contribution is 6.33. The van der Waals surface area contributed by atoms with Crippen LogP contribution in [-0.4, -0.2) is 12.2 Å². The first-order valence-corrected chi connectivity index (χ1v) is 4.47. The van der Waals surface area contributed by atoms with Crippen molar-refractivity contribution in [3.05, 3.63) is 28.8 Å². The molecule has 2 rings (SSSR count). The molecule has 1 aromatic rings. The molecule has 0 radical (unpaired) electrons. The standard InChI is InChI=1S/C9H7ClF3N/c10-6-3-1-2-5-4-7(9(11,12)13)14-8(5)6/h1-3,7,14H,4H2. The Hall–Kier alpha value is -0.900. The molecule has 0 fully saturated rings. The number of fused-ring (bicyclic) bond motifs is 1. The summed E-state index contributed by atoms with van der Waals surface area (Å²) in [6, 6.07) is 3.38. The van der Waals surface area contributed by atoms with Crippen LogP contribution in [0, 0.1) is 0 Å². The molecule has 5 heteroatoms. The fourth-order valence-corrected chi connectivity index (χ4v) is 1.79. The van der Waals surface area contributed by atoms with Crippen LogP contribution in [0.15, 0.2) is 18.2 Å². The van der Waals surface area contributed by atoms with Gasteiger partial charge in [-0.25, -0.2) is 0 Å². The summed E-state index contributed by atoms with van der Waals surface area (Å²) < 4.78 is 37.1. The lowest BCUT2D eigenvalue weighted by molar-refractivity contribution is -0.140. The minimum absolute atomic E-state index is 0.0423. The minimum atomic E-state index is -4.22. The molecular formula is C9H7ClF3N. The number of halogens is 4. The van der Waals surface area contributed by atoms with E-state index in [0.29, 0.717) is 16.3 Å². The van der Waals surface area contributed by atoms with E-state index < -0.39 is 12.2 Å². The van der Waals surface area contributed by atoms with Crippen LogP contribution in [0.3, 0.4) is 0 Å². The summed E-state index contributed by atoms with van der Waals surface area (Å²) >= 11 is 5.76. The van der Waals surface area contributed by atoms with Crippen LogP contribution in [-0.2, 0) is 6.42 Å². The first-order valence-electron chi connectivity index (χ1n) is 4.09. The summed E-state index contributed by atoms with van der Waals surface area (Å²) in [6.07, 6.45) is -4.26. The third-order valence-corrected chi connectivity index (χ3v) is 2.55. The Morgan fingerprint density at radius 2 is 2.07 bits per heavy atom. The van der Waals surface area contributed by atoms with Crippen molar-refractivity contribution in [3.63, 3.8) is 0 Å². The fourth-order valence-electron chi connectivity index (χ4n) is 1.54. The van der Waals surface area contributed by atoms with Gasteiger partial charge in [0, 0.05) is 6.42 Å². The molecule has 0 amide bonds. The van der Waals surface area contributed by atoms with E-state index in [1.165, 1.54) is 0 Å². The number of benzene rings is 1. The van der Waals surface area contributed by atoms with Crippen molar-refractivity contribution in [1.82, 2.24) is 0 Å².